The van der Waals surface area contributed by atoms with E-state index in [1.165, 1.54) is 7.11 Å². The first kappa shape index (κ1) is 12.2. The quantitative estimate of drug-likeness (QED) is 0.759. The summed E-state index contributed by atoms with van der Waals surface area (Å²) in [7, 11) is 1.36. The van der Waals surface area contributed by atoms with E-state index in [1.54, 1.807) is 24.3 Å². The highest BCUT2D eigenvalue weighted by Crippen LogP contribution is 2.12. The minimum absolute atomic E-state index is 0.339. The molecular weight excluding hydrogens is 230 g/mol. The lowest BCUT2D eigenvalue weighted by Crippen LogP contribution is -2.06. The first-order chi connectivity index (χ1) is 8.79. The van der Waals surface area contributed by atoms with Gasteiger partial charge >= 0.3 is 5.97 Å². The highest BCUT2D eigenvalue weighted by atomic mass is 16.5. The van der Waals surface area contributed by atoms with Crippen LogP contribution in [0.3, 0.4) is 0 Å². The third-order valence-corrected chi connectivity index (χ3v) is 2.56. The molecule has 0 radical (unpaired) electrons. The lowest BCUT2D eigenvalue weighted by atomic mass is 10.2. The SMILES string of the molecule is COC(=O)c1ccc(OCCn2cccc2)cc1. The van der Waals surface area contributed by atoms with Crippen molar-refractivity contribution in [3.8, 4) is 5.75 Å². The summed E-state index contributed by atoms with van der Waals surface area (Å²) >= 11 is 0. The fraction of sp³-hybridized carbons (Fsp3) is 0.214. The molecule has 0 bridgehead atoms. The standard InChI is InChI=1S/C14H15NO3/c1-17-14(16)12-4-6-13(7-5-12)18-11-10-15-8-2-3-9-15/h2-9H,10-11H2,1H3. The monoisotopic (exact) mass is 245 g/mol. The molecule has 1 heterocycles. The van der Waals surface area contributed by atoms with Crippen LogP contribution in [0.15, 0.2) is 48.8 Å². The number of esters is 1. The summed E-state index contributed by atoms with van der Waals surface area (Å²) in [6.07, 6.45) is 3.98. The lowest BCUT2D eigenvalue weighted by molar-refractivity contribution is 0.0600. The van der Waals surface area contributed by atoms with Crippen molar-refractivity contribution >= 4 is 5.97 Å². The van der Waals surface area contributed by atoms with Gasteiger partial charge in [-0.2, -0.15) is 0 Å². The Bertz CT molecular complexity index is 488. The summed E-state index contributed by atoms with van der Waals surface area (Å²) in [4.78, 5) is 11.2. The van der Waals surface area contributed by atoms with Crippen molar-refractivity contribution in [2.75, 3.05) is 13.7 Å². The predicted molar refractivity (Wildman–Crippen MR) is 67.7 cm³/mol. The lowest BCUT2D eigenvalue weighted by Gasteiger charge is -2.07. The molecule has 1 aromatic heterocycles. The minimum Gasteiger partial charge on any atom is -0.492 e. The third kappa shape index (κ3) is 3.13. The summed E-state index contributed by atoms with van der Waals surface area (Å²) in [6.45, 7) is 1.39. The molecule has 1 aromatic carbocycles. The smallest absolute Gasteiger partial charge is 0.337 e. The zero-order valence-electron chi connectivity index (χ0n) is 10.2. The molecule has 0 unspecified atom stereocenters. The first-order valence-electron chi connectivity index (χ1n) is 5.71. The molecule has 18 heavy (non-hydrogen) atoms. The minimum atomic E-state index is -0.339. The fourth-order valence-electron chi connectivity index (χ4n) is 1.59. The van der Waals surface area contributed by atoms with Crippen LogP contribution in [0.4, 0.5) is 0 Å². The second kappa shape index (κ2) is 5.91. The van der Waals surface area contributed by atoms with Gasteiger partial charge in [-0.05, 0) is 36.4 Å². The van der Waals surface area contributed by atoms with E-state index in [4.69, 9.17) is 4.74 Å². The van der Waals surface area contributed by atoms with E-state index >= 15 is 0 Å². The number of carbonyl (C=O) groups is 1. The van der Waals surface area contributed by atoms with E-state index in [0.717, 1.165) is 12.3 Å². The van der Waals surface area contributed by atoms with Crippen molar-refractivity contribution in [2.24, 2.45) is 0 Å². The molecule has 0 saturated carbocycles. The van der Waals surface area contributed by atoms with Crippen molar-refractivity contribution in [3.63, 3.8) is 0 Å². The van der Waals surface area contributed by atoms with Crippen LogP contribution in [0, 0.1) is 0 Å². The van der Waals surface area contributed by atoms with Gasteiger partial charge in [-0.1, -0.05) is 0 Å². The van der Waals surface area contributed by atoms with Crippen molar-refractivity contribution in [3.05, 3.63) is 54.4 Å². The Morgan fingerprint density at radius 2 is 1.83 bits per heavy atom. The fourth-order valence-corrected chi connectivity index (χ4v) is 1.59. The summed E-state index contributed by atoms with van der Waals surface area (Å²) in [5.74, 6) is 0.406. The van der Waals surface area contributed by atoms with Crippen LogP contribution in [-0.2, 0) is 11.3 Å². The Balaban J connectivity index is 1.85. The van der Waals surface area contributed by atoms with Gasteiger partial charge in [0.25, 0.3) is 0 Å². The van der Waals surface area contributed by atoms with Crippen LogP contribution in [0.2, 0.25) is 0 Å². The van der Waals surface area contributed by atoms with Gasteiger partial charge in [0.05, 0.1) is 19.2 Å². The summed E-state index contributed by atoms with van der Waals surface area (Å²) in [5.41, 5.74) is 0.523. The van der Waals surface area contributed by atoms with Crippen molar-refractivity contribution < 1.29 is 14.3 Å². The number of carbonyl (C=O) groups excluding carboxylic acids is 1. The van der Waals surface area contributed by atoms with Gasteiger partial charge < -0.3 is 14.0 Å². The van der Waals surface area contributed by atoms with E-state index in [2.05, 4.69) is 4.74 Å². The van der Waals surface area contributed by atoms with Gasteiger partial charge in [0, 0.05) is 12.4 Å². The molecule has 0 aliphatic heterocycles. The Morgan fingerprint density at radius 1 is 1.17 bits per heavy atom. The second-order valence-corrected chi connectivity index (χ2v) is 3.79. The van der Waals surface area contributed by atoms with E-state index in [1.807, 2.05) is 29.1 Å². The van der Waals surface area contributed by atoms with Gasteiger partial charge in [-0.25, -0.2) is 4.79 Å². The number of hydrogen-bond donors (Lipinski definition) is 0. The highest BCUT2D eigenvalue weighted by molar-refractivity contribution is 5.89. The Morgan fingerprint density at radius 3 is 2.44 bits per heavy atom. The summed E-state index contributed by atoms with van der Waals surface area (Å²) in [6, 6.07) is 10.9. The summed E-state index contributed by atoms with van der Waals surface area (Å²) in [5, 5.41) is 0. The molecule has 4 nitrogen and oxygen atoms in total. The van der Waals surface area contributed by atoms with E-state index in [-0.39, 0.29) is 5.97 Å². The zero-order valence-corrected chi connectivity index (χ0v) is 10.2. The molecule has 0 aliphatic carbocycles. The molecule has 0 aliphatic rings. The molecule has 4 heteroatoms. The van der Waals surface area contributed by atoms with Crippen LogP contribution >= 0.6 is 0 Å². The van der Waals surface area contributed by atoms with Gasteiger partial charge in [0.1, 0.15) is 12.4 Å². The average molecular weight is 245 g/mol. The number of benzene rings is 1. The van der Waals surface area contributed by atoms with Crippen molar-refractivity contribution in [1.29, 1.82) is 0 Å². The maximum atomic E-state index is 11.2. The number of ether oxygens (including phenoxy) is 2. The van der Waals surface area contributed by atoms with Crippen LogP contribution in [-0.4, -0.2) is 24.3 Å². The van der Waals surface area contributed by atoms with E-state index in [9.17, 15) is 4.79 Å². The van der Waals surface area contributed by atoms with Gasteiger partial charge in [-0.15, -0.1) is 0 Å². The largest absolute Gasteiger partial charge is 0.492 e. The maximum absolute atomic E-state index is 11.2. The maximum Gasteiger partial charge on any atom is 0.337 e. The Kier molecular flexibility index (Phi) is 4.02. The van der Waals surface area contributed by atoms with Gasteiger partial charge in [0.2, 0.25) is 0 Å². The molecule has 0 amide bonds. The molecule has 2 aromatic rings. The Labute approximate surface area is 106 Å². The predicted octanol–water partition coefficient (Wildman–Crippen LogP) is 2.35. The topological polar surface area (TPSA) is 40.5 Å². The van der Waals surface area contributed by atoms with Gasteiger partial charge in [-0.3, -0.25) is 0 Å². The molecule has 2 rings (SSSR count). The number of rotatable bonds is 5. The molecular formula is C14H15NO3. The molecule has 0 atom stereocenters. The van der Waals surface area contributed by atoms with Crippen LogP contribution in [0.5, 0.6) is 5.75 Å². The molecule has 94 valence electrons. The second-order valence-electron chi connectivity index (χ2n) is 3.79. The van der Waals surface area contributed by atoms with Crippen molar-refractivity contribution in [2.45, 2.75) is 6.54 Å². The van der Waals surface area contributed by atoms with E-state index < -0.39 is 0 Å². The summed E-state index contributed by atoms with van der Waals surface area (Å²) < 4.78 is 12.2. The van der Waals surface area contributed by atoms with Crippen LogP contribution < -0.4 is 4.74 Å². The number of hydrogen-bond acceptors (Lipinski definition) is 3. The highest BCUT2D eigenvalue weighted by Gasteiger charge is 2.04. The molecule has 0 spiro atoms. The zero-order chi connectivity index (χ0) is 12.8. The van der Waals surface area contributed by atoms with Crippen molar-refractivity contribution in [1.82, 2.24) is 4.57 Å². The molecule has 0 fully saturated rings. The first-order valence-corrected chi connectivity index (χ1v) is 5.71. The normalized spacial score (nSPS) is 10.1. The van der Waals surface area contributed by atoms with Gasteiger partial charge in [0.15, 0.2) is 0 Å². The molecule has 0 saturated heterocycles. The average Bonchev–Trinajstić information content (AvgIpc) is 2.92. The number of nitrogens with zero attached hydrogens (tertiary/aromatic N) is 1. The third-order valence-electron chi connectivity index (χ3n) is 2.56. The number of methoxy groups -OCH3 is 1. The number of aromatic nitrogens is 1. The van der Waals surface area contributed by atoms with E-state index in [0.29, 0.717) is 12.2 Å². The van der Waals surface area contributed by atoms with Crippen LogP contribution in [0.1, 0.15) is 10.4 Å². The molecule has 0 N–H and O–H groups in total. The van der Waals surface area contributed by atoms with Crippen LogP contribution in [0.25, 0.3) is 0 Å². The Hall–Kier alpha value is -2.23.